The Bertz CT molecular complexity index is 694. The van der Waals surface area contributed by atoms with Gasteiger partial charge in [0.15, 0.2) is 12.6 Å². The normalized spacial score (nSPS) is 20.2. The first-order valence-electron chi connectivity index (χ1n) is 10.9. The van der Waals surface area contributed by atoms with Crippen molar-refractivity contribution >= 4 is 17.6 Å². The highest BCUT2D eigenvalue weighted by atomic mass is 16.5. The number of rotatable bonds is 8. The smallest absolute Gasteiger partial charge is 0.265 e. The summed E-state index contributed by atoms with van der Waals surface area (Å²) in [6.07, 6.45) is 6.07. The minimum Gasteiger partial charge on any atom is -0.482 e. The summed E-state index contributed by atoms with van der Waals surface area (Å²) in [7, 11) is 1.80. The molecule has 0 spiro atoms. The number of fused-ring (bicyclic) bond motifs is 1. The Morgan fingerprint density at radius 3 is 2.86 bits per heavy atom. The topological polar surface area (TPSA) is 69.2 Å². The average molecular weight is 402 g/mol. The summed E-state index contributed by atoms with van der Waals surface area (Å²) >= 11 is 0. The number of hydrogen-bond acceptors (Lipinski definition) is 4. The minimum absolute atomic E-state index is 0.0122. The van der Waals surface area contributed by atoms with Crippen LogP contribution in [0.15, 0.2) is 29.3 Å². The standard InChI is InChI=1S/C22H35N5O2/c1-3-18-9-6-7-14-26(18)16-13-25-22(23-2)24-12-8-15-27-19-10-4-5-11-20(19)29-17-21(27)28/h4-5,10-11,18H,3,6-9,12-17H2,1-2H3,(H2,23,24,25). The molecule has 0 radical (unpaired) electrons. The molecule has 1 atom stereocenters. The van der Waals surface area contributed by atoms with E-state index in [-0.39, 0.29) is 12.5 Å². The van der Waals surface area contributed by atoms with Crippen LogP contribution in [0.4, 0.5) is 5.69 Å². The van der Waals surface area contributed by atoms with Crippen LogP contribution >= 0.6 is 0 Å². The van der Waals surface area contributed by atoms with Crippen LogP contribution < -0.4 is 20.3 Å². The molecule has 2 aliphatic rings. The summed E-state index contributed by atoms with van der Waals surface area (Å²) in [5.41, 5.74) is 0.860. The molecule has 0 aromatic heterocycles. The van der Waals surface area contributed by atoms with Crippen LogP contribution in [0, 0.1) is 0 Å². The third-order valence-corrected chi connectivity index (χ3v) is 5.79. The summed E-state index contributed by atoms with van der Waals surface area (Å²) < 4.78 is 5.50. The van der Waals surface area contributed by atoms with Crippen molar-refractivity contribution in [2.75, 3.05) is 51.3 Å². The molecule has 1 saturated heterocycles. The summed E-state index contributed by atoms with van der Waals surface area (Å²) in [4.78, 5) is 21.0. The van der Waals surface area contributed by atoms with Crippen molar-refractivity contribution in [3.05, 3.63) is 24.3 Å². The first-order chi connectivity index (χ1) is 14.2. The van der Waals surface area contributed by atoms with Gasteiger partial charge >= 0.3 is 0 Å². The summed E-state index contributed by atoms with van der Waals surface area (Å²) in [6.45, 7) is 6.98. The van der Waals surface area contributed by atoms with E-state index in [1.54, 1.807) is 7.05 Å². The lowest BCUT2D eigenvalue weighted by Crippen LogP contribution is -2.46. The Hall–Kier alpha value is -2.28. The van der Waals surface area contributed by atoms with E-state index in [9.17, 15) is 4.79 Å². The van der Waals surface area contributed by atoms with E-state index in [1.807, 2.05) is 29.2 Å². The molecular weight excluding hydrogens is 366 g/mol. The van der Waals surface area contributed by atoms with Crippen LogP contribution in [-0.2, 0) is 4.79 Å². The number of para-hydroxylation sites is 2. The second-order valence-electron chi connectivity index (χ2n) is 7.67. The third kappa shape index (κ3) is 5.85. The van der Waals surface area contributed by atoms with Crippen molar-refractivity contribution in [2.45, 2.75) is 45.1 Å². The number of amides is 1. The Balaban J connectivity index is 1.37. The fraction of sp³-hybridized carbons (Fsp3) is 0.636. The van der Waals surface area contributed by atoms with E-state index in [2.05, 4.69) is 27.4 Å². The molecule has 2 heterocycles. The van der Waals surface area contributed by atoms with Gasteiger partial charge in [0.05, 0.1) is 5.69 Å². The van der Waals surface area contributed by atoms with E-state index in [0.717, 1.165) is 49.5 Å². The van der Waals surface area contributed by atoms with E-state index in [1.165, 1.54) is 32.2 Å². The van der Waals surface area contributed by atoms with Gasteiger partial charge in [-0.3, -0.25) is 14.7 Å². The van der Waals surface area contributed by atoms with Crippen molar-refractivity contribution < 1.29 is 9.53 Å². The molecule has 1 unspecified atom stereocenters. The van der Waals surface area contributed by atoms with Crippen LogP contribution in [0.1, 0.15) is 39.0 Å². The number of nitrogens with zero attached hydrogens (tertiary/aromatic N) is 3. The zero-order valence-corrected chi connectivity index (χ0v) is 17.8. The van der Waals surface area contributed by atoms with Crippen LogP contribution in [-0.4, -0.2) is 69.2 Å². The molecule has 0 aliphatic carbocycles. The Morgan fingerprint density at radius 2 is 2.03 bits per heavy atom. The van der Waals surface area contributed by atoms with Crippen molar-refractivity contribution in [3.63, 3.8) is 0 Å². The average Bonchev–Trinajstić information content (AvgIpc) is 2.76. The fourth-order valence-electron chi connectivity index (χ4n) is 4.20. The molecule has 1 amide bonds. The number of anilines is 1. The van der Waals surface area contributed by atoms with Crippen LogP contribution in [0.2, 0.25) is 0 Å². The third-order valence-electron chi connectivity index (χ3n) is 5.79. The van der Waals surface area contributed by atoms with Crippen LogP contribution in [0.25, 0.3) is 0 Å². The quantitative estimate of drug-likeness (QED) is 0.397. The molecule has 160 valence electrons. The summed E-state index contributed by atoms with van der Waals surface area (Å²) in [5, 5.41) is 6.78. The van der Waals surface area contributed by atoms with E-state index < -0.39 is 0 Å². The number of guanidine groups is 1. The minimum atomic E-state index is 0.0122. The molecule has 1 fully saturated rings. The zero-order valence-electron chi connectivity index (χ0n) is 17.8. The molecular formula is C22H35N5O2. The first kappa shape index (κ1) is 21.4. The predicted octanol–water partition coefficient (Wildman–Crippen LogP) is 2.23. The molecule has 1 aromatic carbocycles. The molecule has 7 heteroatoms. The highest BCUT2D eigenvalue weighted by Crippen LogP contribution is 2.31. The fourth-order valence-corrected chi connectivity index (χ4v) is 4.20. The van der Waals surface area contributed by atoms with E-state index >= 15 is 0 Å². The Kier molecular flexibility index (Phi) is 8.16. The highest BCUT2D eigenvalue weighted by molar-refractivity contribution is 5.97. The highest BCUT2D eigenvalue weighted by Gasteiger charge is 2.24. The number of carbonyl (C=O) groups is 1. The van der Waals surface area contributed by atoms with Gasteiger partial charge in [-0.25, -0.2) is 0 Å². The van der Waals surface area contributed by atoms with E-state index in [0.29, 0.717) is 6.54 Å². The summed E-state index contributed by atoms with van der Waals surface area (Å²) in [6, 6.07) is 8.43. The second-order valence-corrected chi connectivity index (χ2v) is 7.67. The molecule has 7 nitrogen and oxygen atoms in total. The molecule has 1 aromatic rings. The number of piperidine rings is 1. The largest absolute Gasteiger partial charge is 0.482 e. The van der Waals surface area contributed by atoms with Crippen molar-refractivity contribution in [3.8, 4) is 5.75 Å². The number of likely N-dealkylation sites (tertiary alicyclic amines) is 1. The van der Waals surface area contributed by atoms with Gasteiger partial charge in [0.2, 0.25) is 0 Å². The number of benzene rings is 1. The lowest BCUT2D eigenvalue weighted by molar-refractivity contribution is -0.121. The molecule has 3 rings (SSSR count). The van der Waals surface area contributed by atoms with Crippen molar-refractivity contribution in [1.82, 2.24) is 15.5 Å². The molecule has 0 saturated carbocycles. The van der Waals surface area contributed by atoms with Gasteiger partial charge in [-0.15, -0.1) is 0 Å². The molecule has 2 N–H and O–H groups in total. The number of nitrogens with one attached hydrogen (secondary N) is 2. The number of aliphatic imine (C=N–C) groups is 1. The maximum absolute atomic E-state index is 12.2. The zero-order chi connectivity index (χ0) is 20.5. The monoisotopic (exact) mass is 401 g/mol. The summed E-state index contributed by atoms with van der Waals surface area (Å²) in [5.74, 6) is 1.61. The maximum atomic E-state index is 12.2. The first-order valence-corrected chi connectivity index (χ1v) is 10.9. The maximum Gasteiger partial charge on any atom is 0.265 e. The van der Waals surface area contributed by atoms with Crippen molar-refractivity contribution in [2.24, 2.45) is 4.99 Å². The molecule has 29 heavy (non-hydrogen) atoms. The molecule has 0 bridgehead atoms. The lowest BCUT2D eigenvalue weighted by atomic mass is 10.0. The Labute approximate surface area is 174 Å². The van der Waals surface area contributed by atoms with Gasteiger partial charge in [-0.2, -0.15) is 0 Å². The number of carbonyl (C=O) groups excluding carboxylic acids is 1. The van der Waals surface area contributed by atoms with Gasteiger partial charge in [0, 0.05) is 39.3 Å². The van der Waals surface area contributed by atoms with Gasteiger partial charge in [0.1, 0.15) is 5.75 Å². The number of hydrogen-bond donors (Lipinski definition) is 2. The van der Waals surface area contributed by atoms with Crippen LogP contribution in [0.5, 0.6) is 5.75 Å². The van der Waals surface area contributed by atoms with Gasteiger partial charge in [-0.05, 0) is 44.4 Å². The lowest BCUT2D eigenvalue weighted by Gasteiger charge is -2.35. The number of ether oxygens (including phenoxy) is 1. The van der Waals surface area contributed by atoms with Gasteiger partial charge in [0.25, 0.3) is 5.91 Å². The van der Waals surface area contributed by atoms with E-state index in [4.69, 9.17) is 4.74 Å². The SMILES string of the molecule is CCC1CCCCN1CCNC(=NC)NCCCN1C(=O)COc2ccccc21. The molecule has 2 aliphatic heterocycles. The van der Waals surface area contributed by atoms with Crippen molar-refractivity contribution in [1.29, 1.82) is 0 Å². The second kappa shape index (κ2) is 11.0. The Morgan fingerprint density at radius 1 is 1.21 bits per heavy atom. The van der Waals surface area contributed by atoms with Gasteiger partial charge in [-0.1, -0.05) is 25.5 Å². The van der Waals surface area contributed by atoms with Gasteiger partial charge < -0.3 is 20.3 Å². The predicted molar refractivity (Wildman–Crippen MR) is 118 cm³/mol. The van der Waals surface area contributed by atoms with Crippen LogP contribution in [0.3, 0.4) is 0 Å².